The normalized spacial score (nSPS) is 20.0. The lowest BCUT2D eigenvalue weighted by Gasteiger charge is -2.27. The molecule has 2 fully saturated rings. The lowest BCUT2D eigenvalue weighted by molar-refractivity contribution is 0.223. The molecule has 7 heteroatoms. The molecule has 1 atom stereocenters. The number of hydrogen-bond donors (Lipinski definition) is 1. The molecule has 7 nitrogen and oxygen atoms in total. The predicted molar refractivity (Wildman–Crippen MR) is 114 cm³/mol. The summed E-state index contributed by atoms with van der Waals surface area (Å²) in [6, 6.07) is 7.48. The van der Waals surface area contributed by atoms with Crippen LogP contribution in [0.5, 0.6) is 0 Å². The fourth-order valence-corrected chi connectivity index (χ4v) is 4.62. The van der Waals surface area contributed by atoms with E-state index in [9.17, 15) is 9.90 Å². The SMILES string of the molecule is O=c1c2ccccc2nc(C2CCCN2Cc2cnc(C3CCC3)nc2)n1CCO. The van der Waals surface area contributed by atoms with Crippen molar-refractivity contribution in [1.29, 1.82) is 0 Å². The second kappa shape index (κ2) is 8.24. The Labute approximate surface area is 175 Å². The third kappa shape index (κ3) is 3.52. The van der Waals surface area contributed by atoms with Gasteiger partial charge in [-0.1, -0.05) is 18.6 Å². The van der Waals surface area contributed by atoms with Crippen LogP contribution in [0.4, 0.5) is 0 Å². The molecule has 1 N–H and O–H groups in total. The van der Waals surface area contributed by atoms with Crippen LogP contribution in [0.3, 0.4) is 0 Å². The zero-order valence-electron chi connectivity index (χ0n) is 17.1. The Bertz CT molecular complexity index is 1090. The van der Waals surface area contributed by atoms with Crippen LogP contribution >= 0.6 is 0 Å². The number of nitrogens with zero attached hydrogens (tertiary/aromatic N) is 5. The summed E-state index contributed by atoms with van der Waals surface area (Å²) in [5, 5.41) is 10.2. The summed E-state index contributed by atoms with van der Waals surface area (Å²) in [6.45, 7) is 1.85. The number of fused-ring (bicyclic) bond motifs is 1. The molecule has 1 aliphatic heterocycles. The van der Waals surface area contributed by atoms with Crippen molar-refractivity contribution < 1.29 is 5.11 Å². The number of para-hydroxylation sites is 1. The van der Waals surface area contributed by atoms with Gasteiger partial charge in [-0.25, -0.2) is 15.0 Å². The van der Waals surface area contributed by atoms with E-state index in [-0.39, 0.29) is 24.8 Å². The van der Waals surface area contributed by atoms with Crippen LogP contribution in [0.2, 0.25) is 0 Å². The maximum atomic E-state index is 13.1. The molecule has 1 unspecified atom stereocenters. The van der Waals surface area contributed by atoms with Crippen LogP contribution in [-0.2, 0) is 13.1 Å². The number of benzene rings is 1. The Hall–Kier alpha value is -2.64. The molecule has 1 saturated carbocycles. The molecule has 5 rings (SSSR count). The minimum Gasteiger partial charge on any atom is -0.395 e. The topological polar surface area (TPSA) is 84.1 Å². The average Bonchev–Trinajstić information content (AvgIpc) is 3.18. The highest BCUT2D eigenvalue weighted by Crippen LogP contribution is 2.35. The van der Waals surface area contributed by atoms with Crippen molar-refractivity contribution in [2.45, 2.75) is 57.2 Å². The van der Waals surface area contributed by atoms with E-state index in [1.807, 2.05) is 30.6 Å². The maximum Gasteiger partial charge on any atom is 0.261 e. The largest absolute Gasteiger partial charge is 0.395 e. The third-order valence-electron chi connectivity index (χ3n) is 6.46. The van der Waals surface area contributed by atoms with Gasteiger partial charge < -0.3 is 5.11 Å². The second-order valence-electron chi connectivity index (χ2n) is 8.37. The van der Waals surface area contributed by atoms with E-state index in [1.165, 1.54) is 19.3 Å². The molecule has 0 bridgehead atoms. The first-order valence-electron chi connectivity index (χ1n) is 10.9. The Morgan fingerprint density at radius 3 is 2.60 bits per heavy atom. The molecule has 0 radical (unpaired) electrons. The molecule has 3 heterocycles. The van der Waals surface area contributed by atoms with Gasteiger partial charge in [-0.15, -0.1) is 0 Å². The summed E-state index contributed by atoms with van der Waals surface area (Å²) >= 11 is 0. The Balaban J connectivity index is 1.45. The highest BCUT2D eigenvalue weighted by molar-refractivity contribution is 5.77. The molecular formula is C23H27N5O2. The van der Waals surface area contributed by atoms with Crippen molar-refractivity contribution in [2.75, 3.05) is 13.2 Å². The van der Waals surface area contributed by atoms with Gasteiger partial charge in [-0.05, 0) is 44.4 Å². The molecule has 1 aliphatic carbocycles. The number of aromatic nitrogens is 4. The van der Waals surface area contributed by atoms with E-state index < -0.39 is 0 Å². The number of hydrogen-bond acceptors (Lipinski definition) is 6. The van der Waals surface area contributed by atoms with Crippen LogP contribution in [0.25, 0.3) is 10.9 Å². The van der Waals surface area contributed by atoms with E-state index in [2.05, 4.69) is 14.9 Å². The summed E-state index contributed by atoms with van der Waals surface area (Å²) < 4.78 is 1.65. The molecule has 2 aliphatic rings. The van der Waals surface area contributed by atoms with Crippen molar-refractivity contribution in [3.8, 4) is 0 Å². The minimum atomic E-state index is -0.0872. The van der Waals surface area contributed by atoms with E-state index >= 15 is 0 Å². The lowest BCUT2D eigenvalue weighted by atomic mass is 9.85. The molecule has 30 heavy (non-hydrogen) atoms. The third-order valence-corrected chi connectivity index (χ3v) is 6.46. The zero-order chi connectivity index (χ0) is 20.5. The maximum absolute atomic E-state index is 13.1. The smallest absolute Gasteiger partial charge is 0.261 e. The average molecular weight is 406 g/mol. The van der Waals surface area contributed by atoms with Crippen molar-refractivity contribution in [2.24, 2.45) is 0 Å². The van der Waals surface area contributed by atoms with Crippen LogP contribution in [-0.4, -0.2) is 42.7 Å². The summed E-state index contributed by atoms with van der Waals surface area (Å²) in [4.78, 5) is 29.5. The molecular weight excluding hydrogens is 378 g/mol. The van der Waals surface area contributed by atoms with Crippen LogP contribution in [0.15, 0.2) is 41.5 Å². The number of aliphatic hydroxyl groups is 1. The van der Waals surface area contributed by atoms with E-state index in [0.717, 1.165) is 43.1 Å². The van der Waals surface area contributed by atoms with Crippen molar-refractivity contribution >= 4 is 10.9 Å². The quantitative estimate of drug-likeness (QED) is 0.679. The molecule has 156 valence electrons. The van der Waals surface area contributed by atoms with Gasteiger partial charge in [0.15, 0.2) is 0 Å². The summed E-state index contributed by atoms with van der Waals surface area (Å²) in [6.07, 6.45) is 9.56. The van der Waals surface area contributed by atoms with Crippen molar-refractivity contribution in [3.05, 3.63) is 64.2 Å². The summed E-state index contributed by atoms with van der Waals surface area (Å²) in [7, 11) is 0. The number of rotatable bonds is 6. The van der Waals surface area contributed by atoms with E-state index in [0.29, 0.717) is 16.8 Å². The number of aliphatic hydroxyl groups excluding tert-OH is 1. The Morgan fingerprint density at radius 1 is 1.07 bits per heavy atom. The highest BCUT2D eigenvalue weighted by Gasteiger charge is 2.30. The van der Waals surface area contributed by atoms with Crippen LogP contribution in [0.1, 0.15) is 61.3 Å². The summed E-state index contributed by atoms with van der Waals surface area (Å²) in [5.41, 5.74) is 1.72. The van der Waals surface area contributed by atoms with E-state index in [1.54, 1.807) is 10.6 Å². The van der Waals surface area contributed by atoms with Crippen molar-refractivity contribution in [3.63, 3.8) is 0 Å². The molecule has 0 amide bonds. The van der Waals surface area contributed by atoms with Gasteiger partial charge in [0.2, 0.25) is 0 Å². The minimum absolute atomic E-state index is 0.0418. The molecule has 1 aromatic carbocycles. The predicted octanol–water partition coefficient (Wildman–Crippen LogP) is 2.78. The van der Waals surface area contributed by atoms with Gasteiger partial charge in [0.1, 0.15) is 11.6 Å². The van der Waals surface area contributed by atoms with Gasteiger partial charge in [0.05, 0.1) is 30.1 Å². The standard InChI is InChI=1S/C23H27N5O2/c29-12-11-28-22(26-19-8-2-1-7-18(19)23(28)30)20-9-4-10-27(20)15-16-13-24-21(25-14-16)17-5-3-6-17/h1-2,7-8,13-14,17,20,29H,3-6,9-12,15H2. The lowest BCUT2D eigenvalue weighted by Crippen LogP contribution is -2.33. The van der Waals surface area contributed by atoms with Gasteiger partial charge in [0, 0.05) is 30.4 Å². The first-order valence-corrected chi connectivity index (χ1v) is 10.9. The first kappa shape index (κ1) is 19.3. The van der Waals surface area contributed by atoms with Crippen LogP contribution in [0, 0.1) is 0 Å². The second-order valence-corrected chi connectivity index (χ2v) is 8.37. The molecule has 2 aromatic heterocycles. The van der Waals surface area contributed by atoms with Gasteiger partial charge in [0.25, 0.3) is 5.56 Å². The zero-order valence-corrected chi connectivity index (χ0v) is 17.1. The Morgan fingerprint density at radius 2 is 1.87 bits per heavy atom. The summed E-state index contributed by atoms with van der Waals surface area (Å²) in [5.74, 6) is 2.25. The fourth-order valence-electron chi connectivity index (χ4n) is 4.62. The van der Waals surface area contributed by atoms with Gasteiger partial charge >= 0.3 is 0 Å². The Kier molecular flexibility index (Phi) is 5.31. The molecule has 1 saturated heterocycles. The first-order chi connectivity index (χ1) is 14.7. The monoisotopic (exact) mass is 405 g/mol. The van der Waals surface area contributed by atoms with Gasteiger partial charge in [-0.2, -0.15) is 0 Å². The highest BCUT2D eigenvalue weighted by atomic mass is 16.3. The van der Waals surface area contributed by atoms with Gasteiger partial charge in [-0.3, -0.25) is 14.3 Å². The van der Waals surface area contributed by atoms with E-state index in [4.69, 9.17) is 4.98 Å². The van der Waals surface area contributed by atoms with Crippen molar-refractivity contribution in [1.82, 2.24) is 24.4 Å². The van der Waals surface area contributed by atoms with Crippen LogP contribution < -0.4 is 5.56 Å². The molecule has 3 aromatic rings. The molecule has 0 spiro atoms. The number of likely N-dealkylation sites (tertiary alicyclic amines) is 1. The fraction of sp³-hybridized carbons (Fsp3) is 0.478.